The number of nitrogens with two attached hydrogens (primary N) is 1. The zero-order chi connectivity index (χ0) is 12.8. The smallest absolute Gasteiger partial charge is 0.226 e. The van der Waals surface area contributed by atoms with Crippen LogP contribution < -0.4 is 15.4 Å². The lowest BCUT2D eigenvalue weighted by atomic mass is 10.2. The standard InChI is InChI=1S/C12H17ClN2O2/c1-15(12(16)4-3-7-14)11-6-5-9(17-2)8-10(11)13/h5-6,8H,3-4,7,14H2,1-2H3. The van der Waals surface area contributed by atoms with Crippen LogP contribution in [0.2, 0.25) is 5.02 Å². The van der Waals surface area contributed by atoms with Gasteiger partial charge in [-0.25, -0.2) is 0 Å². The van der Waals surface area contributed by atoms with E-state index in [2.05, 4.69) is 0 Å². The van der Waals surface area contributed by atoms with Gasteiger partial charge in [0.1, 0.15) is 5.75 Å². The van der Waals surface area contributed by atoms with Gasteiger partial charge in [0.2, 0.25) is 5.91 Å². The number of carbonyl (C=O) groups excluding carboxylic acids is 1. The fourth-order valence-corrected chi connectivity index (χ4v) is 1.74. The molecule has 1 amide bonds. The maximum Gasteiger partial charge on any atom is 0.226 e. The van der Waals surface area contributed by atoms with Crippen molar-refractivity contribution in [2.24, 2.45) is 5.73 Å². The maximum absolute atomic E-state index is 11.8. The maximum atomic E-state index is 11.8. The van der Waals surface area contributed by atoms with E-state index in [1.165, 1.54) is 4.90 Å². The number of nitrogens with zero attached hydrogens (tertiary/aromatic N) is 1. The Morgan fingerprint density at radius 1 is 1.53 bits per heavy atom. The molecule has 0 fully saturated rings. The molecule has 1 rings (SSSR count). The fraction of sp³-hybridized carbons (Fsp3) is 0.417. The van der Waals surface area contributed by atoms with Gasteiger partial charge in [-0.05, 0) is 25.1 Å². The Hall–Kier alpha value is -1.26. The van der Waals surface area contributed by atoms with E-state index in [1.807, 2.05) is 0 Å². The number of anilines is 1. The molecule has 0 unspecified atom stereocenters. The molecule has 0 aromatic heterocycles. The molecule has 0 aliphatic heterocycles. The van der Waals surface area contributed by atoms with E-state index in [-0.39, 0.29) is 5.91 Å². The molecule has 0 aliphatic carbocycles. The SMILES string of the molecule is COc1ccc(N(C)C(=O)CCCN)c(Cl)c1. The van der Waals surface area contributed by atoms with Gasteiger partial charge in [-0.2, -0.15) is 0 Å². The second-order valence-corrected chi connectivity index (χ2v) is 4.07. The first kappa shape index (κ1) is 13.8. The summed E-state index contributed by atoms with van der Waals surface area (Å²) >= 11 is 6.08. The molecule has 94 valence electrons. The average molecular weight is 257 g/mol. The zero-order valence-electron chi connectivity index (χ0n) is 10.1. The van der Waals surface area contributed by atoms with Crippen LogP contribution in [0.25, 0.3) is 0 Å². The van der Waals surface area contributed by atoms with Gasteiger partial charge in [0.15, 0.2) is 0 Å². The molecule has 5 heteroatoms. The van der Waals surface area contributed by atoms with Crippen LogP contribution in [0.1, 0.15) is 12.8 Å². The van der Waals surface area contributed by atoms with E-state index in [1.54, 1.807) is 32.4 Å². The summed E-state index contributed by atoms with van der Waals surface area (Å²) in [5, 5.41) is 0.493. The van der Waals surface area contributed by atoms with Crippen molar-refractivity contribution in [2.45, 2.75) is 12.8 Å². The molecule has 0 radical (unpaired) electrons. The van der Waals surface area contributed by atoms with Crippen LogP contribution in [-0.4, -0.2) is 26.6 Å². The van der Waals surface area contributed by atoms with Crippen LogP contribution in [0.5, 0.6) is 5.75 Å². The predicted octanol–water partition coefficient (Wildman–Crippen LogP) is 2.05. The fourth-order valence-electron chi connectivity index (χ4n) is 1.44. The number of benzene rings is 1. The molecule has 0 bridgehead atoms. The monoisotopic (exact) mass is 256 g/mol. The molecule has 0 heterocycles. The normalized spacial score (nSPS) is 10.1. The van der Waals surface area contributed by atoms with Crippen molar-refractivity contribution in [3.8, 4) is 5.75 Å². The highest BCUT2D eigenvalue weighted by molar-refractivity contribution is 6.34. The quantitative estimate of drug-likeness (QED) is 0.877. The average Bonchev–Trinajstić information content (AvgIpc) is 2.34. The highest BCUT2D eigenvalue weighted by Gasteiger charge is 2.13. The number of rotatable bonds is 5. The number of methoxy groups -OCH3 is 1. The Labute approximate surface area is 106 Å². The minimum atomic E-state index is 0.00233. The van der Waals surface area contributed by atoms with Crippen molar-refractivity contribution in [1.82, 2.24) is 0 Å². The summed E-state index contributed by atoms with van der Waals surface area (Å²) in [7, 11) is 3.27. The Kier molecular flexibility index (Phi) is 5.25. The van der Waals surface area contributed by atoms with E-state index in [4.69, 9.17) is 22.1 Å². The van der Waals surface area contributed by atoms with Gasteiger partial charge in [0.05, 0.1) is 17.8 Å². The van der Waals surface area contributed by atoms with Crippen LogP contribution in [-0.2, 0) is 4.79 Å². The third-order valence-corrected chi connectivity index (χ3v) is 2.79. The van der Waals surface area contributed by atoms with Gasteiger partial charge in [-0.3, -0.25) is 4.79 Å². The van der Waals surface area contributed by atoms with Crippen LogP contribution >= 0.6 is 11.6 Å². The van der Waals surface area contributed by atoms with E-state index in [9.17, 15) is 4.79 Å². The van der Waals surface area contributed by atoms with Crippen LogP contribution in [0.3, 0.4) is 0 Å². The Morgan fingerprint density at radius 2 is 2.24 bits per heavy atom. The van der Waals surface area contributed by atoms with Crippen molar-refractivity contribution in [2.75, 3.05) is 25.6 Å². The van der Waals surface area contributed by atoms with Crippen molar-refractivity contribution >= 4 is 23.2 Å². The van der Waals surface area contributed by atoms with Gasteiger partial charge in [-0.1, -0.05) is 11.6 Å². The predicted molar refractivity (Wildman–Crippen MR) is 69.7 cm³/mol. The van der Waals surface area contributed by atoms with Crippen molar-refractivity contribution in [3.63, 3.8) is 0 Å². The molecule has 0 spiro atoms. The number of hydrogen-bond acceptors (Lipinski definition) is 3. The molecule has 0 saturated heterocycles. The Balaban J connectivity index is 2.81. The summed E-state index contributed by atoms with van der Waals surface area (Å²) in [5.41, 5.74) is 6.05. The van der Waals surface area contributed by atoms with Gasteiger partial charge < -0.3 is 15.4 Å². The summed E-state index contributed by atoms with van der Waals surface area (Å²) in [6.07, 6.45) is 1.10. The van der Waals surface area contributed by atoms with Crippen molar-refractivity contribution in [1.29, 1.82) is 0 Å². The zero-order valence-corrected chi connectivity index (χ0v) is 10.8. The molecule has 0 aliphatic rings. The summed E-state index contributed by atoms with van der Waals surface area (Å²) in [6.45, 7) is 0.510. The van der Waals surface area contributed by atoms with Crippen LogP contribution in [0, 0.1) is 0 Å². The van der Waals surface area contributed by atoms with Crippen LogP contribution in [0.4, 0.5) is 5.69 Å². The van der Waals surface area contributed by atoms with Gasteiger partial charge in [0, 0.05) is 19.5 Å². The molecule has 17 heavy (non-hydrogen) atoms. The minimum absolute atomic E-state index is 0.00233. The molecule has 1 aromatic carbocycles. The molecule has 1 aromatic rings. The van der Waals surface area contributed by atoms with E-state index in [0.29, 0.717) is 35.8 Å². The van der Waals surface area contributed by atoms with Crippen molar-refractivity contribution < 1.29 is 9.53 Å². The third-order valence-electron chi connectivity index (χ3n) is 2.49. The first-order valence-corrected chi connectivity index (χ1v) is 5.78. The lowest BCUT2D eigenvalue weighted by molar-refractivity contribution is -0.118. The Bertz CT molecular complexity index is 396. The number of carbonyl (C=O) groups is 1. The molecule has 0 saturated carbocycles. The number of ether oxygens (including phenoxy) is 1. The van der Waals surface area contributed by atoms with Crippen LogP contribution in [0.15, 0.2) is 18.2 Å². The molecule has 2 N–H and O–H groups in total. The summed E-state index contributed by atoms with van der Waals surface area (Å²) < 4.78 is 5.05. The lowest BCUT2D eigenvalue weighted by Gasteiger charge is -2.19. The highest BCUT2D eigenvalue weighted by atomic mass is 35.5. The molecule has 4 nitrogen and oxygen atoms in total. The van der Waals surface area contributed by atoms with Gasteiger partial charge in [-0.15, -0.1) is 0 Å². The van der Waals surface area contributed by atoms with E-state index < -0.39 is 0 Å². The number of amides is 1. The number of halogens is 1. The molecular formula is C12H17ClN2O2. The van der Waals surface area contributed by atoms with E-state index in [0.717, 1.165) is 0 Å². The van der Waals surface area contributed by atoms with Crippen molar-refractivity contribution in [3.05, 3.63) is 23.2 Å². The second kappa shape index (κ2) is 6.47. The first-order chi connectivity index (χ1) is 8.10. The topological polar surface area (TPSA) is 55.6 Å². The summed E-state index contributed by atoms with van der Waals surface area (Å²) in [6, 6.07) is 5.22. The summed E-state index contributed by atoms with van der Waals surface area (Å²) in [4.78, 5) is 13.3. The largest absolute Gasteiger partial charge is 0.497 e. The minimum Gasteiger partial charge on any atom is -0.497 e. The molecule has 0 atom stereocenters. The Morgan fingerprint density at radius 3 is 2.76 bits per heavy atom. The number of hydrogen-bond donors (Lipinski definition) is 1. The first-order valence-electron chi connectivity index (χ1n) is 5.40. The van der Waals surface area contributed by atoms with Gasteiger partial charge in [0.25, 0.3) is 0 Å². The van der Waals surface area contributed by atoms with E-state index >= 15 is 0 Å². The summed E-state index contributed by atoms with van der Waals surface area (Å²) in [5.74, 6) is 0.670. The third kappa shape index (κ3) is 3.61. The molecular weight excluding hydrogens is 240 g/mol. The second-order valence-electron chi connectivity index (χ2n) is 3.66. The highest BCUT2D eigenvalue weighted by Crippen LogP contribution is 2.29. The lowest BCUT2D eigenvalue weighted by Crippen LogP contribution is -2.26. The van der Waals surface area contributed by atoms with Gasteiger partial charge >= 0.3 is 0 Å².